The van der Waals surface area contributed by atoms with E-state index < -0.39 is 35.2 Å². The van der Waals surface area contributed by atoms with Crippen LogP contribution in [0.4, 0.5) is 14.5 Å². The number of anilines is 1. The number of aliphatic hydroxyl groups excluding tert-OH is 1. The van der Waals surface area contributed by atoms with Crippen LogP contribution in [0.1, 0.15) is 17.3 Å². The molecule has 2 N–H and O–H groups in total. The van der Waals surface area contributed by atoms with Crippen molar-refractivity contribution in [2.45, 2.75) is 6.92 Å². The van der Waals surface area contributed by atoms with Gasteiger partial charge < -0.3 is 24.8 Å². The average Bonchev–Trinajstić information content (AvgIpc) is 2.93. The number of ether oxygens (including phenoxy) is 2. The summed E-state index contributed by atoms with van der Waals surface area (Å²) in [6, 6.07) is 1.51. The Morgan fingerprint density at radius 2 is 1.89 bits per heavy atom. The van der Waals surface area contributed by atoms with Crippen LogP contribution in [0.5, 0.6) is 0 Å². The van der Waals surface area contributed by atoms with Crippen LogP contribution in [0.15, 0.2) is 23.4 Å². The third-order valence-corrected chi connectivity index (χ3v) is 3.76. The molecule has 1 amide bonds. The molecule has 0 spiro atoms. The van der Waals surface area contributed by atoms with E-state index >= 15 is 0 Å². The largest absolute Gasteiger partial charge is 0.466 e. The van der Waals surface area contributed by atoms with Gasteiger partial charge in [-0.15, -0.1) is 0 Å². The van der Waals surface area contributed by atoms with Crippen molar-refractivity contribution in [3.8, 4) is 0 Å². The minimum Gasteiger partial charge on any atom is -0.466 e. The van der Waals surface area contributed by atoms with Gasteiger partial charge in [0.2, 0.25) is 0 Å². The lowest BCUT2D eigenvalue weighted by atomic mass is 10.1. The van der Waals surface area contributed by atoms with Gasteiger partial charge in [0.05, 0.1) is 38.0 Å². The summed E-state index contributed by atoms with van der Waals surface area (Å²) in [6.07, 6.45) is 0. The second-order valence-electron chi connectivity index (χ2n) is 5.46. The molecule has 0 bridgehead atoms. The molecule has 0 aromatic heterocycles. The summed E-state index contributed by atoms with van der Waals surface area (Å²) >= 11 is 0. The van der Waals surface area contributed by atoms with Gasteiger partial charge in [0.15, 0.2) is 11.6 Å². The first-order valence-corrected chi connectivity index (χ1v) is 7.98. The fraction of sp³-hybridized carbons (Fsp3) is 0.353. The summed E-state index contributed by atoms with van der Waals surface area (Å²) in [5.74, 6) is -4.78. The number of halogens is 2. The summed E-state index contributed by atoms with van der Waals surface area (Å²) in [5.41, 5.74) is -1.54. The van der Waals surface area contributed by atoms with E-state index in [-0.39, 0.29) is 43.1 Å². The summed E-state index contributed by atoms with van der Waals surface area (Å²) in [6.45, 7) is 0.970. The van der Waals surface area contributed by atoms with Gasteiger partial charge in [0, 0.05) is 6.54 Å². The van der Waals surface area contributed by atoms with Crippen LogP contribution < -0.4 is 5.32 Å². The van der Waals surface area contributed by atoms with Gasteiger partial charge in [-0.1, -0.05) is 0 Å². The number of methoxy groups -OCH3 is 1. The molecule has 1 aliphatic rings. The smallest absolute Gasteiger partial charge is 0.338 e. The lowest BCUT2D eigenvalue weighted by molar-refractivity contribution is -0.136. The molecule has 10 heteroatoms. The molecule has 1 heterocycles. The van der Waals surface area contributed by atoms with Gasteiger partial charge in [0.1, 0.15) is 11.4 Å². The molecule has 0 radical (unpaired) electrons. The predicted octanol–water partition coefficient (Wildman–Crippen LogP) is 0.815. The standard InChI is InChI=1S/C17H18F2N2O6/c1-3-27-16(24)9-6-11(18)14(12(19)7-9)20-13-10(17(25)26-2)8-21(4-5-22)15(13)23/h6-7,20,22H,3-5,8H2,1-2H3. The van der Waals surface area contributed by atoms with Crippen molar-refractivity contribution in [3.63, 3.8) is 0 Å². The molecular weight excluding hydrogens is 366 g/mol. The van der Waals surface area contributed by atoms with Crippen LogP contribution in [0.3, 0.4) is 0 Å². The van der Waals surface area contributed by atoms with Gasteiger partial charge in [-0.3, -0.25) is 4.79 Å². The number of nitrogens with zero attached hydrogens (tertiary/aromatic N) is 1. The highest BCUT2D eigenvalue weighted by molar-refractivity contribution is 6.08. The lowest BCUT2D eigenvalue weighted by Crippen LogP contribution is -2.31. The Labute approximate surface area is 153 Å². The Morgan fingerprint density at radius 3 is 2.41 bits per heavy atom. The molecule has 1 aromatic rings. The van der Waals surface area contributed by atoms with Crippen LogP contribution in [-0.4, -0.2) is 61.3 Å². The average molecular weight is 384 g/mol. The molecule has 0 atom stereocenters. The van der Waals surface area contributed by atoms with Crippen molar-refractivity contribution in [2.24, 2.45) is 0 Å². The van der Waals surface area contributed by atoms with Gasteiger partial charge in [0.25, 0.3) is 5.91 Å². The summed E-state index contributed by atoms with van der Waals surface area (Å²) < 4.78 is 37.9. The number of carbonyl (C=O) groups excluding carboxylic acids is 3. The summed E-state index contributed by atoms with van der Waals surface area (Å²) in [4.78, 5) is 37.0. The van der Waals surface area contributed by atoms with Crippen molar-refractivity contribution in [1.29, 1.82) is 0 Å². The maximum atomic E-state index is 14.3. The van der Waals surface area contributed by atoms with E-state index in [9.17, 15) is 23.2 Å². The quantitative estimate of drug-likeness (QED) is 0.671. The zero-order chi connectivity index (χ0) is 20.1. The molecule has 146 valence electrons. The predicted molar refractivity (Wildman–Crippen MR) is 88.6 cm³/mol. The van der Waals surface area contributed by atoms with E-state index in [4.69, 9.17) is 5.11 Å². The van der Waals surface area contributed by atoms with Crippen molar-refractivity contribution < 1.29 is 37.7 Å². The summed E-state index contributed by atoms with van der Waals surface area (Å²) in [7, 11) is 1.10. The maximum absolute atomic E-state index is 14.3. The Kier molecular flexibility index (Phi) is 6.45. The second-order valence-corrected chi connectivity index (χ2v) is 5.46. The number of β-amino-alcohol motifs (C(OH)–C–C–N with tert-alkyl or cyclic N) is 1. The van der Waals surface area contributed by atoms with Crippen LogP contribution in [-0.2, 0) is 19.1 Å². The molecule has 27 heavy (non-hydrogen) atoms. The van der Waals surface area contributed by atoms with Crippen LogP contribution in [0.2, 0.25) is 0 Å². The molecule has 0 aliphatic carbocycles. The minimum absolute atomic E-state index is 0.0344. The number of esters is 2. The van der Waals surface area contributed by atoms with Gasteiger partial charge >= 0.3 is 11.9 Å². The molecule has 1 aliphatic heterocycles. The molecule has 0 unspecified atom stereocenters. The van der Waals surface area contributed by atoms with E-state index in [0.29, 0.717) is 0 Å². The Morgan fingerprint density at radius 1 is 1.26 bits per heavy atom. The molecule has 0 fully saturated rings. The molecular formula is C17H18F2N2O6. The maximum Gasteiger partial charge on any atom is 0.338 e. The first kappa shape index (κ1) is 20.3. The zero-order valence-electron chi connectivity index (χ0n) is 14.7. The van der Waals surface area contributed by atoms with Crippen molar-refractivity contribution in [3.05, 3.63) is 40.6 Å². The molecule has 2 rings (SSSR count). The van der Waals surface area contributed by atoms with E-state index in [2.05, 4.69) is 14.8 Å². The first-order valence-electron chi connectivity index (χ1n) is 7.98. The zero-order valence-corrected chi connectivity index (χ0v) is 14.7. The van der Waals surface area contributed by atoms with Gasteiger partial charge in [-0.2, -0.15) is 0 Å². The molecule has 0 saturated heterocycles. The van der Waals surface area contributed by atoms with Crippen LogP contribution >= 0.6 is 0 Å². The number of carbonyl (C=O) groups is 3. The monoisotopic (exact) mass is 384 g/mol. The normalized spacial score (nSPS) is 13.8. The SMILES string of the molecule is CCOC(=O)c1cc(F)c(NC2=C(C(=O)OC)CN(CCO)C2=O)c(F)c1. The number of rotatable bonds is 7. The van der Waals surface area contributed by atoms with Crippen molar-refractivity contribution in [1.82, 2.24) is 4.90 Å². The number of hydrogen-bond acceptors (Lipinski definition) is 7. The molecule has 1 aromatic carbocycles. The van der Waals surface area contributed by atoms with Crippen molar-refractivity contribution >= 4 is 23.5 Å². The highest BCUT2D eigenvalue weighted by Gasteiger charge is 2.35. The van der Waals surface area contributed by atoms with Crippen molar-refractivity contribution in [2.75, 3.05) is 38.7 Å². The fourth-order valence-corrected chi connectivity index (χ4v) is 2.50. The van der Waals surface area contributed by atoms with E-state index in [1.807, 2.05) is 0 Å². The Bertz CT molecular complexity index is 786. The number of aliphatic hydroxyl groups is 1. The van der Waals surface area contributed by atoms with Crippen LogP contribution in [0.25, 0.3) is 0 Å². The third kappa shape index (κ3) is 4.22. The highest BCUT2D eigenvalue weighted by atomic mass is 19.1. The first-order chi connectivity index (χ1) is 12.8. The van der Waals surface area contributed by atoms with E-state index in [0.717, 1.165) is 24.1 Å². The lowest BCUT2D eigenvalue weighted by Gasteiger charge is -2.15. The van der Waals surface area contributed by atoms with Crippen LogP contribution in [0, 0.1) is 11.6 Å². The topological polar surface area (TPSA) is 105 Å². The van der Waals surface area contributed by atoms with E-state index in [1.54, 1.807) is 6.92 Å². The fourth-order valence-electron chi connectivity index (χ4n) is 2.50. The minimum atomic E-state index is -1.15. The number of benzene rings is 1. The number of nitrogens with one attached hydrogen (secondary N) is 1. The molecule has 0 saturated carbocycles. The third-order valence-electron chi connectivity index (χ3n) is 3.76. The highest BCUT2D eigenvalue weighted by Crippen LogP contribution is 2.27. The van der Waals surface area contributed by atoms with E-state index in [1.165, 1.54) is 0 Å². The molecule has 8 nitrogen and oxygen atoms in total. The van der Waals surface area contributed by atoms with Gasteiger partial charge in [-0.05, 0) is 19.1 Å². The summed E-state index contributed by atoms with van der Waals surface area (Å²) in [5, 5.41) is 11.3. The number of hydrogen-bond donors (Lipinski definition) is 2. The number of amides is 1. The Hall–Kier alpha value is -3.01. The Balaban J connectivity index is 2.39. The second kappa shape index (κ2) is 8.58. The van der Waals surface area contributed by atoms with Gasteiger partial charge in [-0.25, -0.2) is 18.4 Å².